The van der Waals surface area contributed by atoms with Crippen molar-refractivity contribution < 1.29 is 14.3 Å². The van der Waals surface area contributed by atoms with Crippen molar-refractivity contribution in [3.63, 3.8) is 0 Å². The smallest absolute Gasteiger partial charge is 0.348 e. The lowest BCUT2D eigenvalue weighted by Gasteiger charge is -2.19. The molecule has 0 bridgehead atoms. The number of rotatable bonds is 4. The number of anilines is 2. The number of Topliss-reactive ketones (excluding diaryl/α,β-unsaturated/α-hetero) is 1. The first-order valence-electron chi connectivity index (χ1n) is 7.60. The Hall–Kier alpha value is -2.82. The molecule has 0 fully saturated rings. The molecule has 1 aromatic heterocycles. The molecule has 0 radical (unpaired) electrons. The average Bonchev–Trinajstić information content (AvgIpc) is 3.18. The van der Waals surface area contributed by atoms with E-state index >= 15 is 0 Å². The highest BCUT2D eigenvalue weighted by Gasteiger charge is 2.31. The summed E-state index contributed by atoms with van der Waals surface area (Å²) in [7, 11) is 3.56. The van der Waals surface area contributed by atoms with Crippen LogP contribution < -0.4 is 9.80 Å². The maximum Gasteiger partial charge on any atom is 0.348 e. The first-order valence-corrected chi connectivity index (χ1v) is 8.80. The summed E-state index contributed by atoms with van der Waals surface area (Å²) < 4.78 is 5.49. The van der Waals surface area contributed by atoms with Gasteiger partial charge < -0.3 is 14.5 Å². The van der Waals surface area contributed by atoms with Gasteiger partial charge in [0.1, 0.15) is 22.3 Å². The lowest BCUT2D eigenvalue weighted by molar-refractivity contribution is -0.118. The van der Waals surface area contributed by atoms with Crippen LogP contribution in [0, 0.1) is 11.3 Å². The number of thiophene rings is 1. The number of benzene rings is 1. The van der Waals surface area contributed by atoms with Crippen LogP contribution in [-0.2, 0) is 9.53 Å². The number of carbonyl (C=O) groups excluding carboxylic acids is 2. The summed E-state index contributed by atoms with van der Waals surface area (Å²) in [5.41, 5.74) is 1.70. The summed E-state index contributed by atoms with van der Waals surface area (Å²) in [6.45, 7) is -0.515. The highest BCUT2D eigenvalue weighted by Crippen LogP contribution is 2.40. The first kappa shape index (κ1) is 18.0. The fourth-order valence-corrected chi connectivity index (χ4v) is 3.69. The summed E-state index contributed by atoms with van der Waals surface area (Å²) in [5, 5.41) is 9.52. The molecule has 2 heterocycles. The van der Waals surface area contributed by atoms with E-state index in [1.807, 2.05) is 30.3 Å². The largest absolute Gasteiger partial charge is 0.453 e. The Morgan fingerprint density at radius 3 is 2.27 bits per heavy atom. The van der Waals surface area contributed by atoms with Crippen LogP contribution >= 0.6 is 22.9 Å². The maximum absolute atomic E-state index is 12.5. The number of carbonyl (C=O) groups is 2. The Labute approximate surface area is 159 Å². The van der Waals surface area contributed by atoms with Gasteiger partial charge in [0.2, 0.25) is 5.78 Å². The third-order valence-corrected chi connectivity index (χ3v) is 5.17. The Balaban J connectivity index is 1.80. The van der Waals surface area contributed by atoms with Crippen molar-refractivity contribution in [2.75, 3.05) is 30.5 Å². The van der Waals surface area contributed by atoms with Crippen LogP contribution in [0.5, 0.6) is 0 Å². The van der Waals surface area contributed by atoms with E-state index in [4.69, 9.17) is 16.3 Å². The highest BCUT2D eigenvalue weighted by atomic mass is 35.5. The van der Waals surface area contributed by atoms with Crippen LogP contribution in [0.1, 0.15) is 9.67 Å². The molecule has 1 aliphatic heterocycles. The van der Waals surface area contributed by atoms with Crippen molar-refractivity contribution in [3.8, 4) is 6.07 Å². The third kappa shape index (κ3) is 3.17. The van der Waals surface area contributed by atoms with E-state index < -0.39 is 18.4 Å². The number of esters is 1. The predicted molar refractivity (Wildman–Crippen MR) is 101 cm³/mol. The van der Waals surface area contributed by atoms with E-state index in [2.05, 4.69) is 0 Å². The molecule has 0 saturated heterocycles. The van der Waals surface area contributed by atoms with Crippen molar-refractivity contribution in [3.05, 3.63) is 57.0 Å². The van der Waals surface area contributed by atoms with Gasteiger partial charge in [0.25, 0.3) is 0 Å². The molecule has 26 heavy (non-hydrogen) atoms. The van der Waals surface area contributed by atoms with Crippen molar-refractivity contribution >= 4 is 46.1 Å². The van der Waals surface area contributed by atoms with Crippen LogP contribution in [0.25, 0.3) is 0 Å². The van der Waals surface area contributed by atoms with Gasteiger partial charge in [-0.25, -0.2) is 4.79 Å². The molecule has 0 aliphatic carbocycles. The fourth-order valence-electron chi connectivity index (χ4n) is 2.76. The molecule has 0 atom stereocenters. The molecule has 0 unspecified atom stereocenters. The van der Waals surface area contributed by atoms with Gasteiger partial charge in [-0.15, -0.1) is 11.3 Å². The van der Waals surface area contributed by atoms with Crippen LogP contribution in [0.2, 0.25) is 4.34 Å². The second kappa shape index (κ2) is 7.20. The number of fused-ring (bicyclic) bond motifs is 1. The SMILES string of the molecule is CN1C(=C(C#N)C(=O)COC(=O)c2ccc(Cl)s2)N(C)c2ccccc21. The van der Waals surface area contributed by atoms with Gasteiger partial charge in [-0.05, 0) is 24.3 Å². The number of hydrogen-bond acceptors (Lipinski definition) is 7. The first-order chi connectivity index (χ1) is 12.4. The fraction of sp³-hybridized carbons (Fsp3) is 0.167. The molecule has 0 amide bonds. The average molecular weight is 388 g/mol. The quantitative estimate of drug-likeness (QED) is 0.454. The molecule has 0 saturated carbocycles. The summed E-state index contributed by atoms with van der Waals surface area (Å²) in [5.74, 6) is -0.757. The zero-order chi connectivity index (χ0) is 18.8. The van der Waals surface area contributed by atoms with Gasteiger partial charge in [0.15, 0.2) is 6.61 Å². The Bertz CT molecular complexity index is 930. The van der Waals surface area contributed by atoms with E-state index in [1.165, 1.54) is 6.07 Å². The van der Waals surface area contributed by atoms with E-state index in [-0.39, 0.29) is 5.57 Å². The zero-order valence-corrected chi connectivity index (χ0v) is 15.6. The van der Waals surface area contributed by atoms with Crippen molar-refractivity contribution in [2.24, 2.45) is 0 Å². The van der Waals surface area contributed by atoms with Crippen LogP contribution in [-0.4, -0.2) is 32.5 Å². The van der Waals surface area contributed by atoms with Crippen molar-refractivity contribution in [1.29, 1.82) is 5.26 Å². The molecule has 1 aromatic carbocycles. The number of ether oxygens (including phenoxy) is 1. The molecule has 1 aliphatic rings. The predicted octanol–water partition coefficient (Wildman–Crippen LogP) is 3.45. The summed E-state index contributed by atoms with van der Waals surface area (Å²) >= 11 is 6.85. The molecular formula is C18H14ClN3O3S. The van der Waals surface area contributed by atoms with Crippen LogP contribution in [0.15, 0.2) is 47.8 Å². The van der Waals surface area contributed by atoms with E-state index in [0.29, 0.717) is 15.0 Å². The lowest BCUT2D eigenvalue weighted by atomic mass is 10.2. The number of para-hydroxylation sites is 2. The van der Waals surface area contributed by atoms with Gasteiger partial charge in [0, 0.05) is 14.1 Å². The molecule has 0 N–H and O–H groups in total. The summed E-state index contributed by atoms with van der Waals surface area (Å²) in [6.07, 6.45) is 0. The zero-order valence-electron chi connectivity index (χ0n) is 14.0. The van der Waals surface area contributed by atoms with Gasteiger partial charge in [-0.3, -0.25) is 4.79 Å². The lowest BCUT2D eigenvalue weighted by Crippen LogP contribution is -2.27. The topological polar surface area (TPSA) is 73.6 Å². The normalized spacial score (nSPS) is 12.6. The Morgan fingerprint density at radius 1 is 1.15 bits per heavy atom. The van der Waals surface area contributed by atoms with Gasteiger partial charge in [0.05, 0.1) is 15.7 Å². The number of nitriles is 1. The number of halogens is 1. The van der Waals surface area contributed by atoms with Gasteiger partial charge in [-0.2, -0.15) is 5.26 Å². The van der Waals surface area contributed by atoms with Crippen molar-refractivity contribution in [1.82, 2.24) is 0 Å². The second-order valence-electron chi connectivity index (χ2n) is 5.52. The molecule has 132 valence electrons. The van der Waals surface area contributed by atoms with E-state index in [9.17, 15) is 14.9 Å². The molecular weight excluding hydrogens is 374 g/mol. The van der Waals surface area contributed by atoms with Gasteiger partial charge >= 0.3 is 5.97 Å². The van der Waals surface area contributed by atoms with Crippen LogP contribution in [0.3, 0.4) is 0 Å². The van der Waals surface area contributed by atoms with Gasteiger partial charge in [-0.1, -0.05) is 23.7 Å². The monoisotopic (exact) mass is 387 g/mol. The standard InChI is InChI=1S/C18H14ClN3O3S/c1-21-12-5-3-4-6-13(12)22(2)17(21)11(9-20)14(23)10-25-18(24)15-7-8-16(19)26-15/h3-8H,10H2,1-2H3. The summed E-state index contributed by atoms with van der Waals surface area (Å²) in [6, 6.07) is 12.6. The maximum atomic E-state index is 12.5. The van der Waals surface area contributed by atoms with E-state index in [1.54, 1.807) is 30.0 Å². The molecule has 2 aromatic rings. The minimum Gasteiger partial charge on any atom is -0.453 e. The third-order valence-electron chi connectivity index (χ3n) is 3.96. The summed E-state index contributed by atoms with van der Waals surface area (Å²) in [4.78, 5) is 28.3. The Morgan fingerprint density at radius 2 is 1.77 bits per heavy atom. The van der Waals surface area contributed by atoms with Crippen molar-refractivity contribution in [2.45, 2.75) is 0 Å². The number of nitrogens with zero attached hydrogens (tertiary/aromatic N) is 3. The molecule has 6 nitrogen and oxygen atoms in total. The van der Waals surface area contributed by atoms with Crippen LogP contribution in [0.4, 0.5) is 11.4 Å². The minimum atomic E-state index is -0.644. The highest BCUT2D eigenvalue weighted by molar-refractivity contribution is 7.17. The van der Waals surface area contributed by atoms with E-state index in [0.717, 1.165) is 22.7 Å². The molecule has 3 rings (SSSR count). The number of hydrogen-bond donors (Lipinski definition) is 0. The molecule has 0 spiro atoms. The molecule has 8 heteroatoms. The Kier molecular flexibility index (Phi) is 4.98. The number of ketones is 1. The second-order valence-corrected chi connectivity index (χ2v) is 7.24. The minimum absolute atomic E-state index is 0.0665.